The summed E-state index contributed by atoms with van der Waals surface area (Å²) < 4.78 is 14.6. The molecule has 0 bridgehead atoms. The number of hydrogen-bond acceptors (Lipinski definition) is 4. The maximum absolute atomic E-state index is 14.6. The molecule has 0 radical (unpaired) electrons. The van der Waals surface area contributed by atoms with Crippen LogP contribution in [0, 0.1) is 12.7 Å². The average molecular weight is 422 g/mol. The molecule has 2 aliphatic rings. The van der Waals surface area contributed by atoms with Crippen LogP contribution in [0.4, 0.5) is 20.6 Å². The summed E-state index contributed by atoms with van der Waals surface area (Å²) in [5, 5.41) is 5.08. The van der Waals surface area contributed by atoms with Crippen LogP contribution in [0.3, 0.4) is 0 Å². The monoisotopic (exact) mass is 422 g/mol. The van der Waals surface area contributed by atoms with Crippen molar-refractivity contribution < 1.29 is 18.8 Å². The van der Waals surface area contributed by atoms with E-state index in [9.17, 15) is 18.8 Å². The zero-order valence-corrected chi connectivity index (χ0v) is 17.2. The zero-order valence-electron chi connectivity index (χ0n) is 17.2. The minimum Gasteiger partial charge on any atom is -0.371 e. The maximum Gasteiger partial charge on any atom is 0.329 e. The second kappa shape index (κ2) is 8.59. The van der Waals surface area contributed by atoms with Crippen LogP contribution in [0.5, 0.6) is 0 Å². The molecule has 4 rings (SSSR count). The number of amides is 4. The van der Waals surface area contributed by atoms with Gasteiger partial charge in [0.2, 0.25) is 5.91 Å². The molecule has 4 amide bonds. The van der Waals surface area contributed by atoms with E-state index in [-0.39, 0.29) is 11.3 Å². The highest BCUT2D eigenvalue weighted by molar-refractivity contribution is 6.16. The van der Waals surface area contributed by atoms with Crippen molar-refractivity contribution in [1.82, 2.24) is 10.2 Å². The fourth-order valence-electron chi connectivity index (χ4n) is 3.74. The van der Waals surface area contributed by atoms with Crippen LogP contribution in [-0.2, 0) is 9.59 Å². The van der Waals surface area contributed by atoms with Crippen molar-refractivity contribution in [3.05, 3.63) is 65.1 Å². The number of hydrogen-bond donors (Lipinski definition) is 2. The Kier molecular flexibility index (Phi) is 5.70. The summed E-state index contributed by atoms with van der Waals surface area (Å²) in [7, 11) is 0. The largest absolute Gasteiger partial charge is 0.371 e. The minimum absolute atomic E-state index is 0.0684. The molecule has 0 aromatic heterocycles. The molecule has 0 aliphatic carbocycles. The molecule has 2 N–H and O–H groups in total. The van der Waals surface area contributed by atoms with Gasteiger partial charge in [0.15, 0.2) is 0 Å². The van der Waals surface area contributed by atoms with Gasteiger partial charge in [-0.2, -0.15) is 0 Å². The van der Waals surface area contributed by atoms with Crippen molar-refractivity contribution in [2.24, 2.45) is 0 Å². The lowest BCUT2D eigenvalue weighted by Gasteiger charge is -2.17. The molecule has 2 saturated heterocycles. The number of carbonyl (C=O) groups is 3. The molecular formula is C23H23FN4O3. The van der Waals surface area contributed by atoms with Gasteiger partial charge >= 0.3 is 6.03 Å². The molecule has 2 aromatic carbocycles. The number of urea groups is 1. The van der Waals surface area contributed by atoms with E-state index in [1.807, 2.05) is 13.0 Å². The number of benzene rings is 2. The summed E-state index contributed by atoms with van der Waals surface area (Å²) in [6.45, 7) is 3.25. The van der Waals surface area contributed by atoms with E-state index < -0.39 is 30.2 Å². The number of anilines is 2. The van der Waals surface area contributed by atoms with Gasteiger partial charge in [0.25, 0.3) is 5.91 Å². The Labute approximate surface area is 179 Å². The first-order chi connectivity index (χ1) is 14.9. The van der Waals surface area contributed by atoms with Crippen molar-refractivity contribution in [3.63, 3.8) is 0 Å². The van der Waals surface area contributed by atoms with E-state index in [1.54, 1.807) is 30.3 Å². The van der Waals surface area contributed by atoms with Crippen LogP contribution in [0.2, 0.25) is 0 Å². The van der Waals surface area contributed by atoms with Gasteiger partial charge in [0.05, 0.1) is 0 Å². The number of nitrogens with one attached hydrogen (secondary N) is 2. The molecular weight excluding hydrogens is 399 g/mol. The van der Waals surface area contributed by atoms with Crippen LogP contribution in [-0.4, -0.2) is 42.4 Å². The third kappa shape index (κ3) is 4.58. The number of rotatable bonds is 5. The van der Waals surface area contributed by atoms with E-state index in [0.29, 0.717) is 5.69 Å². The van der Waals surface area contributed by atoms with E-state index in [0.717, 1.165) is 42.1 Å². The van der Waals surface area contributed by atoms with E-state index in [4.69, 9.17) is 0 Å². The summed E-state index contributed by atoms with van der Waals surface area (Å²) in [6.07, 6.45) is 3.46. The summed E-state index contributed by atoms with van der Waals surface area (Å²) in [5.74, 6) is -1.65. The molecule has 0 unspecified atom stereocenters. The van der Waals surface area contributed by atoms with Crippen LogP contribution < -0.4 is 15.5 Å². The topological polar surface area (TPSA) is 81.8 Å². The summed E-state index contributed by atoms with van der Waals surface area (Å²) >= 11 is 0. The second-order valence-corrected chi connectivity index (χ2v) is 7.70. The van der Waals surface area contributed by atoms with E-state index >= 15 is 0 Å². The third-order valence-corrected chi connectivity index (χ3v) is 5.32. The fourth-order valence-corrected chi connectivity index (χ4v) is 3.74. The summed E-state index contributed by atoms with van der Waals surface area (Å²) in [5.41, 5.74) is 2.47. The molecule has 8 heteroatoms. The van der Waals surface area contributed by atoms with Gasteiger partial charge in [-0.15, -0.1) is 0 Å². The molecule has 0 spiro atoms. The van der Waals surface area contributed by atoms with Gasteiger partial charge < -0.3 is 15.5 Å². The van der Waals surface area contributed by atoms with Gasteiger partial charge in [-0.25, -0.2) is 14.1 Å². The summed E-state index contributed by atoms with van der Waals surface area (Å²) in [6, 6.07) is 11.3. The maximum atomic E-state index is 14.6. The predicted octanol–water partition coefficient (Wildman–Crippen LogP) is 3.27. The van der Waals surface area contributed by atoms with Crippen LogP contribution >= 0.6 is 0 Å². The van der Waals surface area contributed by atoms with Crippen molar-refractivity contribution in [1.29, 1.82) is 0 Å². The number of aryl methyl sites for hydroxylation is 1. The highest BCUT2D eigenvalue weighted by Gasteiger charge is 2.35. The van der Waals surface area contributed by atoms with Gasteiger partial charge in [0, 0.05) is 30.0 Å². The van der Waals surface area contributed by atoms with Gasteiger partial charge in [-0.1, -0.05) is 12.1 Å². The Morgan fingerprint density at radius 1 is 1.16 bits per heavy atom. The first kappa shape index (κ1) is 20.6. The van der Waals surface area contributed by atoms with E-state index in [1.165, 1.54) is 12.1 Å². The average Bonchev–Trinajstić information content (AvgIpc) is 3.34. The highest BCUT2D eigenvalue weighted by Crippen LogP contribution is 2.24. The molecule has 2 heterocycles. The van der Waals surface area contributed by atoms with Crippen molar-refractivity contribution in [2.75, 3.05) is 29.9 Å². The Morgan fingerprint density at radius 3 is 2.65 bits per heavy atom. The SMILES string of the molecule is Cc1cccc(NC(=O)CN2C(=O)NC(=Cc3ccc(N4CCCC4)cc3F)C2=O)c1. The van der Waals surface area contributed by atoms with Crippen LogP contribution in [0.1, 0.15) is 24.0 Å². The lowest BCUT2D eigenvalue weighted by molar-refractivity contribution is -0.127. The van der Waals surface area contributed by atoms with Crippen LogP contribution in [0.25, 0.3) is 6.08 Å². The Morgan fingerprint density at radius 2 is 1.94 bits per heavy atom. The van der Waals surface area contributed by atoms with E-state index in [2.05, 4.69) is 15.5 Å². The molecule has 2 aromatic rings. The highest BCUT2D eigenvalue weighted by atomic mass is 19.1. The lowest BCUT2D eigenvalue weighted by atomic mass is 10.1. The van der Waals surface area contributed by atoms with Gasteiger partial charge in [0.1, 0.15) is 18.1 Å². The number of carbonyl (C=O) groups excluding carboxylic acids is 3. The standard InChI is InChI=1S/C23H23FN4O3/c1-15-5-4-6-17(11-15)25-21(29)14-28-22(30)20(26-23(28)31)12-16-7-8-18(13-19(16)24)27-9-2-3-10-27/h4-8,11-13H,2-3,9-10,14H2,1H3,(H,25,29)(H,26,31). The zero-order chi connectivity index (χ0) is 22.0. The molecule has 0 saturated carbocycles. The molecule has 0 atom stereocenters. The first-order valence-corrected chi connectivity index (χ1v) is 10.2. The Hall–Kier alpha value is -3.68. The second-order valence-electron chi connectivity index (χ2n) is 7.70. The van der Waals surface area contributed by atoms with Gasteiger partial charge in [-0.05, 0) is 61.7 Å². The quantitative estimate of drug-likeness (QED) is 0.573. The van der Waals surface area contributed by atoms with Crippen molar-refractivity contribution >= 4 is 35.3 Å². The molecule has 160 valence electrons. The van der Waals surface area contributed by atoms with Crippen molar-refractivity contribution in [3.8, 4) is 0 Å². The third-order valence-electron chi connectivity index (χ3n) is 5.32. The Bertz CT molecular complexity index is 1080. The number of imide groups is 1. The predicted molar refractivity (Wildman–Crippen MR) is 116 cm³/mol. The first-order valence-electron chi connectivity index (χ1n) is 10.2. The molecule has 7 nitrogen and oxygen atoms in total. The summed E-state index contributed by atoms with van der Waals surface area (Å²) in [4.78, 5) is 40.0. The smallest absolute Gasteiger partial charge is 0.329 e. The molecule has 2 fully saturated rings. The number of halogens is 1. The Balaban J connectivity index is 1.45. The number of nitrogens with zero attached hydrogens (tertiary/aromatic N) is 2. The van der Waals surface area contributed by atoms with Crippen LogP contribution in [0.15, 0.2) is 48.2 Å². The molecule has 2 aliphatic heterocycles. The van der Waals surface area contributed by atoms with Crippen molar-refractivity contribution in [2.45, 2.75) is 19.8 Å². The minimum atomic E-state index is -0.718. The lowest BCUT2D eigenvalue weighted by Crippen LogP contribution is -2.38. The fraction of sp³-hybridized carbons (Fsp3) is 0.261. The normalized spacial score (nSPS) is 17.4. The molecule has 31 heavy (non-hydrogen) atoms. The van der Waals surface area contributed by atoms with Gasteiger partial charge in [-0.3, -0.25) is 9.59 Å².